The van der Waals surface area contributed by atoms with Gasteiger partial charge in [0, 0.05) is 18.8 Å². The van der Waals surface area contributed by atoms with Crippen LogP contribution in [-0.2, 0) is 4.79 Å². The number of anilines is 1. The average Bonchev–Trinajstić information content (AvgIpc) is 2.95. The van der Waals surface area contributed by atoms with Crippen LogP contribution in [0.4, 0.5) is 18.9 Å². The van der Waals surface area contributed by atoms with Gasteiger partial charge >= 0.3 is 6.18 Å². The minimum absolute atomic E-state index is 0.00917. The van der Waals surface area contributed by atoms with Crippen molar-refractivity contribution in [1.82, 2.24) is 5.32 Å². The summed E-state index contributed by atoms with van der Waals surface area (Å²) in [6, 6.07) is 6.19. The van der Waals surface area contributed by atoms with Crippen LogP contribution in [0.5, 0.6) is 5.75 Å². The molecule has 1 N–H and O–H groups in total. The van der Waals surface area contributed by atoms with E-state index in [4.69, 9.17) is 0 Å². The van der Waals surface area contributed by atoms with Crippen molar-refractivity contribution in [2.75, 3.05) is 31.1 Å². The Bertz CT molecular complexity index is 545. The van der Waals surface area contributed by atoms with Gasteiger partial charge in [0.25, 0.3) is 0 Å². The number of amides is 1. The van der Waals surface area contributed by atoms with E-state index in [0.717, 1.165) is 13.0 Å². The highest BCUT2D eigenvalue weighted by Crippen LogP contribution is 2.31. The van der Waals surface area contributed by atoms with Crippen molar-refractivity contribution in [2.45, 2.75) is 12.6 Å². The van der Waals surface area contributed by atoms with Crippen molar-refractivity contribution in [3.63, 3.8) is 0 Å². The van der Waals surface area contributed by atoms with E-state index >= 15 is 0 Å². The van der Waals surface area contributed by atoms with Crippen LogP contribution >= 0.6 is 0 Å². The zero-order valence-electron chi connectivity index (χ0n) is 11.9. The zero-order chi connectivity index (χ0) is 15.7. The van der Waals surface area contributed by atoms with Gasteiger partial charge in [-0.15, -0.1) is 0 Å². The Labute approximate surface area is 126 Å². The Balaban J connectivity index is 1.66. The highest BCUT2D eigenvalue weighted by Gasteiger charge is 2.39. The number of rotatable bonds is 3. The number of ether oxygens (including phenoxy) is 1. The number of carbonyl (C=O) groups excluding carboxylic acids is 1. The van der Waals surface area contributed by atoms with E-state index in [2.05, 4.69) is 10.1 Å². The van der Waals surface area contributed by atoms with Gasteiger partial charge in [-0.25, -0.2) is 0 Å². The van der Waals surface area contributed by atoms with Crippen LogP contribution in [0.2, 0.25) is 0 Å². The minimum atomic E-state index is -4.36. The molecule has 2 atom stereocenters. The molecular weight excluding hydrogens is 297 g/mol. The number of fused-ring (bicyclic) bond motifs is 1. The van der Waals surface area contributed by atoms with Crippen LogP contribution in [0.25, 0.3) is 0 Å². The van der Waals surface area contributed by atoms with E-state index in [1.807, 2.05) is 0 Å². The molecule has 2 saturated heterocycles. The van der Waals surface area contributed by atoms with Crippen LogP contribution in [0, 0.1) is 11.8 Å². The van der Waals surface area contributed by atoms with Gasteiger partial charge in [0.2, 0.25) is 5.91 Å². The monoisotopic (exact) mass is 314 g/mol. The molecule has 0 radical (unpaired) electrons. The number of nitrogens with one attached hydrogen (secondary N) is 1. The van der Waals surface area contributed by atoms with Crippen molar-refractivity contribution < 1.29 is 22.7 Å². The zero-order valence-corrected chi connectivity index (χ0v) is 11.9. The van der Waals surface area contributed by atoms with Gasteiger partial charge in [0.1, 0.15) is 5.75 Å². The predicted molar refractivity (Wildman–Crippen MR) is 74.8 cm³/mol. The Morgan fingerprint density at radius 2 is 1.95 bits per heavy atom. The van der Waals surface area contributed by atoms with E-state index < -0.39 is 12.8 Å². The molecule has 7 heteroatoms. The molecule has 0 bridgehead atoms. The van der Waals surface area contributed by atoms with Gasteiger partial charge < -0.3 is 15.0 Å². The first kappa shape index (κ1) is 15.1. The van der Waals surface area contributed by atoms with Crippen molar-refractivity contribution in [1.29, 1.82) is 0 Å². The Morgan fingerprint density at radius 1 is 1.23 bits per heavy atom. The maximum Gasteiger partial charge on any atom is 0.422 e. The van der Waals surface area contributed by atoms with E-state index in [-0.39, 0.29) is 17.6 Å². The van der Waals surface area contributed by atoms with Gasteiger partial charge in [0.15, 0.2) is 6.61 Å². The molecule has 0 saturated carbocycles. The summed E-state index contributed by atoms with van der Waals surface area (Å²) >= 11 is 0. The first-order chi connectivity index (χ1) is 10.4. The summed E-state index contributed by atoms with van der Waals surface area (Å²) in [6.45, 7) is 0.913. The standard InChI is InChI=1S/C15H17F3N2O2/c16-15(17,18)9-22-12-3-1-11(2-4-12)20-6-5-10-7-19-8-13(10)14(20)21/h1-4,10,13,19H,5-9H2/t10-,13+/m1/s1. The largest absolute Gasteiger partial charge is 0.484 e. The Kier molecular flexibility index (Phi) is 3.99. The number of halogens is 3. The first-order valence-electron chi connectivity index (χ1n) is 7.26. The molecule has 3 rings (SSSR count). The fraction of sp³-hybridized carbons (Fsp3) is 0.533. The second-order valence-corrected chi connectivity index (χ2v) is 5.70. The molecule has 1 aromatic carbocycles. The molecule has 2 heterocycles. The maximum absolute atomic E-state index is 12.5. The third-order valence-electron chi connectivity index (χ3n) is 4.20. The fourth-order valence-electron chi connectivity index (χ4n) is 3.07. The summed E-state index contributed by atoms with van der Waals surface area (Å²) in [5.41, 5.74) is 0.703. The minimum Gasteiger partial charge on any atom is -0.484 e. The van der Waals surface area contributed by atoms with Gasteiger partial charge in [-0.05, 0) is 43.1 Å². The lowest BCUT2D eigenvalue weighted by Gasteiger charge is -2.34. The SMILES string of the molecule is O=C1[C@H]2CNC[C@H]2CCN1c1ccc(OCC(F)(F)F)cc1. The third-order valence-corrected chi connectivity index (χ3v) is 4.20. The average molecular weight is 314 g/mol. The summed E-state index contributed by atoms with van der Waals surface area (Å²) in [6.07, 6.45) is -3.41. The van der Waals surface area contributed by atoms with E-state index in [9.17, 15) is 18.0 Å². The topological polar surface area (TPSA) is 41.6 Å². The molecular formula is C15H17F3N2O2. The molecule has 120 valence electrons. The summed E-state index contributed by atoms with van der Waals surface area (Å²) in [5, 5.41) is 3.23. The summed E-state index contributed by atoms with van der Waals surface area (Å²) in [4.78, 5) is 14.2. The molecule has 4 nitrogen and oxygen atoms in total. The van der Waals surface area contributed by atoms with Gasteiger partial charge in [-0.1, -0.05) is 0 Å². The van der Waals surface area contributed by atoms with Crippen molar-refractivity contribution in [3.8, 4) is 5.75 Å². The van der Waals surface area contributed by atoms with Crippen molar-refractivity contribution in [2.24, 2.45) is 11.8 Å². The number of alkyl halides is 3. The highest BCUT2D eigenvalue weighted by atomic mass is 19.4. The molecule has 2 aliphatic heterocycles. The number of benzene rings is 1. The first-order valence-corrected chi connectivity index (χ1v) is 7.26. The molecule has 0 aliphatic carbocycles. The fourth-order valence-corrected chi connectivity index (χ4v) is 3.07. The summed E-state index contributed by atoms with van der Waals surface area (Å²) < 4.78 is 41.0. The lowest BCUT2D eigenvalue weighted by Crippen LogP contribution is -2.45. The van der Waals surface area contributed by atoms with E-state index in [1.54, 1.807) is 17.0 Å². The molecule has 2 fully saturated rings. The van der Waals surface area contributed by atoms with Gasteiger partial charge in [0.05, 0.1) is 5.92 Å². The number of nitrogens with zero attached hydrogens (tertiary/aromatic N) is 1. The van der Waals surface area contributed by atoms with Crippen molar-refractivity contribution >= 4 is 11.6 Å². The number of piperidine rings is 1. The van der Waals surface area contributed by atoms with Crippen molar-refractivity contribution in [3.05, 3.63) is 24.3 Å². The predicted octanol–water partition coefficient (Wildman–Crippen LogP) is 2.20. The second kappa shape index (κ2) is 5.79. The van der Waals surface area contributed by atoms with Crippen LogP contribution in [0.3, 0.4) is 0 Å². The normalized spacial score (nSPS) is 25.2. The van der Waals surface area contributed by atoms with Crippen LogP contribution in [0.1, 0.15) is 6.42 Å². The molecule has 1 amide bonds. The van der Waals surface area contributed by atoms with Gasteiger partial charge in [-0.3, -0.25) is 4.79 Å². The third kappa shape index (κ3) is 3.19. The Hall–Kier alpha value is -1.76. The number of hydrogen-bond acceptors (Lipinski definition) is 3. The summed E-state index contributed by atoms with van der Waals surface area (Å²) in [5.74, 6) is 0.643. The summed E-state index contributed by atoms with van der Waals surface area (Å²) in [7, 11) is 0. The highest BCUT2D eigenvalue weighted by molar-refractivity contribution is 5.96. The molecule has 2 aliphatic rings. The quantitative estimate of drug-likeness (QED) is 0.930. The van der Waals surface area contributed by atoms with Crippen LogP contribution < -0.4 is 15.0 Å². The molecule has 0 spiro atoms. The molecule has 0 unspecified atom stereocenters. The number of carbonyl (C=O) groups is 1. The second-order valence-electron chi connectivity index (χ2n) is 5.70. The van der Waals surface area contributed by atoms with Crippen LogP contribution in [-0.4, -0.2) is 38.3 Å². The molecule has 22 heavy (non-hydrogen) atoms. The lowest BCUT2D eigenvalue weighted by atomic mass is 9.87. The smallest absolute Gasteiger partial charge is 0.422 e. The lowest BCUT2D eigenvalue weighted by molar-refractivity contribution is -0.153. The maximum atomic E-state index is 12.5. The van der Waals surface area contributed by atoms with E-state index in [0.29, 0.717) is 24.7 Å². The van der Waals surface area contributed by atoms with E-state index in [1.165, 1.54) is 12.1 Å². The molecule has 1 aromatic rings. The Morgan fingerprint density at radius 3 is 2.64 bits per heavy atom. The number of hydrogen-bond donors (Lipinski definition) is 1. The molecule has 0 aromatic heterocycles. The van der Waals surface area contributed by atoms with Crippen LogP contribution in [0.15, 0.2) is 24.3 Å². The van der Waals surface area contributed by atoms with Gasteiger partial charge in [-0.2, -0.15) is 13.2 Å².